The highest BCUT2D eigenvalue weighted by Gasteiger charge is 2.51. The molecular weight excluding hydrogens is 763 g/mol. The first kappa shape index (κ1) is 44.7. The van der Waals surface area contributed by atoms with Gasteiger partial charge in [-0.2, -0.15) is 5.26 Å². The summed E-state index contributed by atoms with van der Waals surface area (Å²) in [5.74, 6) is 1.36. The number of ether oxygens (including phenoxy) is 6. The van der Waals surface area contributed by atoms with Crippen LogP contribution in [0.5, 0.6) is 11.5 Å². The molecule has 5 atom stereocenters. The van der Waals surface area contributed by atoms with E-state index in [1.54, 1.807) is 28.3 Å². The van der Waals surface area contributed by atoms with Crippen LogP contribution in [0.15, 0.2) is 94.6 Å². The quantitative estimate of drug-likeness (QED) is 0.0557. The highest BCUT2D eigenvalue weighted by Crippen LogP contribution is 2.51. The van der Waals surface area contributed by atoms with Crippen molar-refractivity contribution in [1.29, 1.82) is 5.26 Å². The van der Waals surface area contributed by atoms with Crippen LogP contribution in [-0.4, -0.2) is 92.4 Å². The van der Waals surface area contributed by atoms with E-state index in [1.165, 1.54) is 10.8 Å². The van der Waals surface area contributed by atoms with Crippen LogP contribution in [0.4, 0.5) is 0 Å². The number of benzene rings is 3. The lowest BCUT2D eigenvalue weighted by Gasteiger charge is -2.39. The van der Waals surface area contributed by atoms with Gasteiger partial charge in [0, 0.05) is 31.0 Å². The van der Waals surface area contributed by atoms with Crippen LogP contribution in [0.3, 0.4) is 0 Å². The molecule has 2 unspecified atom stereocenters. The van der Waals surface area contributed by atoms with Crippen LogP contribution in [0.25, 0.3) is 0 Å². The Morgan fingerprint density at radius 2 is 1.43 bits per heavy atom. The number of aryl methyl sites for hydroxylation is 1. The zero-order valence-electron chi connectivity index (χ0n) is 34.5. The number of aromatic nitrogens is 2. The molecule has 1 aliphatic rings. The van der Waals surface area contributed by atoms with Crippen LogP contribution in [0.2, 0.25) is 0 Å². The van der Waals surface area contributed by atoms with E-state index < -0.39 is 49.9 Å². The number of hydrogen-bond acceptors (Lipinski definition) is 12. The Hall–Kier alpha value is -4.42. The molecule has 0 amide bonds. The van der Waals surface area contributed by atoms with Gasteiger partial charge >= 0.3 is 5.69 Å². The van der Waals surface area contributed by atoms with Crippen LogP contribution in [-0.2, 0) is 33.6 Å². The molecule has 0 aliphatic carbocycles. The van der Waals surface area contributed by atoms with Gasteiger partial charge in [-0.05, 0) is 75.6 Å². The summed E-state index contributed by atoms with van der Waals surface area (Å²) in [7, 11) is 2.98. The highest BCUT2D eigenvalue weighted by molar-refractivity contribution is 7.44. The summed E-state index contributed by atoms with van der Waals surface area (Å²) >= 11 is 0. The summed E-state index contributed by atoms with van der Waals surface area (Å²) in [6.45, 7) is 10.3. The predicted molar refractivity (Wildman–Crippen MR) is 220 cm³/mol. The molecule has 312 valence electrons. The van der Waals surface area contributed by atoms with Crippen molar-refractivity contribution in [2.24, 2.45) is 0 Å². The van der Waals surface area contributed by atoms with Gasteiger partial charge in [-0.1, -0.05) is 54.6 Å². The summed E-state index contributed by atoms with van der Waals surface area (Å²) in [6, 6.07) is 27.4. The van der Waals surface area contributed by atoms with E-state index >= 15 is 0 Å². The first-order valence-corrected chi connectivity index (χ1v) is 20.4. The van der Waals surface area contributed by atoms with E-state index in [0.29, 0.717) is 17.1 Å². The van der Waals surface area contributed by atoms with E-state index in [0.717, 1.165) is 16.7 Å². The largest absolute Gasteiger partial charge is 0.497 e. The van der Waals surface area contributed by atoms with Gasteiger partial charge in [0.05, 0.1) is 53.1 Å². The fraction of sp³-hybridized carbons (Fsp3) is 0.465. The van der Waals surface area contributed by atoms with E-state index in [4.69, 9.17) is 37.5 Å². The topological polar surface area (TPSA) is 156 Å². The second-order valence-electron chi connectivity index (χ2n) is 14.3. The van der Waals surface area contributed by atoms with E-state index in [1.807, 2.05) is 107 Å². The maximum atomic E-state index is 13.5. The number of H-pyrrole nitrogens is 1. The first-order chi connectivity index (χ1) is 28.0. The van der Waals surface area contributed by atoms with Gasteiger partial charge in [-0.25, -0.2) is 9.46 Å². The van der Waals surface area contributed by atoms with Gasteiger partial charge in [0.1, 0.15) is 35.4 Å². The second kappa shape index (κ2) is 21.0. The molecule has 1 saturated heterocycles. The molecule has 58 heavy (non-hydrogen) atoms. The van der Waals surface area contributed by atoms with E-state index in [2.05, 4.69) is 15.7 Å². The standard InChI is InChI=1S/C43H55N4O10P/c1-29(2)47(30(3)4)58(55-24-12-23-44)57-38-37(56-41(39(38)53-26-25-50-6)46-27-31(5)40(48)45-42(46)49)28-54-43(32-13-10-9-11-14-32,33-15-19-35(51-7)20-16-33)34-17-21-36(52-8)22-18-34/h9-11,13-22,27,29-30,37-39,41H,12,24-26,28H2,1-8H3,(H,45,48,49)/t37-,38+,39?,41-,58?/m1/s1. The number of aromatic amines is 1. The average Bonchev–Trinajstić information content (AvgIpc) is 3.56. The lowest BCUT2D eigenvalue weighted by Crippen LogP contribution is -2.44. The van der Waals surface area contributed by atoms with Crippen molar-refractivity contribution in [3.8, 4) is 17.6 Å². The zero-order valence-corrected chi connectivity index (χ0v) is 35.3. The van der Waals surface area contributed by atoms with Gasteiger partial charge in [0.25, 0.3) is 14.1 Å². The smallest absolute Gasteiger partial charge is 0.330 e. The fourth-order valence-corrected chi connectivity index (χ4v) is 8.86. The van der Waals surface area contributed by atoms with Crippen LogP contribution >= 0.6 is 8.53 Å². The Balaban J connectivity index is 1.69. The van der Waals surface area contributed by atoms with Crippen molar-refractivity contribution in [1.82, 2.24) is 14.2 Å². The Bertz CT molecular complexity index is 1980. The number of methoxy groups -OCH3 is 3. The normalized spacial score (nSPS) is 18.8. The Morgan fingerprint density at radius 1 is 0.845 bits per heavy atom. The van der Waals surface area contributed by atoms with Crippen molar-refractivity contribution < 1.29 is 37.5 Å². The van der Waals surface area contributed by atoms with E-state index in [9.17, 15) is 14.9 Å². The minimum atomic E-state index is -1.82. The molecule has 0 bridgehead atoms. The fourth-order valence-electron chi connectivity index (χ4n) is 7.09. The number of hydrogen-bond donors (Lipinski definition) is 1. The average molecular weight is 819 g/mol. The molecule has 5 rings (SSSR count). The molecule has 1 fully saturated rings. The van der Waals surface area contributed by atoms with Gasteiger partial charge in [-0.15, -0.1) is 0 Å². The molecule has 3 aromatic carbocycles. The summed E-state index contributed by atoms with van der Waals surface area (Å²) in [4.78, 5) is 28.5. The molecule has 0 saturated carbocycles. The number of rotatable bonds is 21. The number of nitrogens with zero attached hydrogens (tertiary/aromatic N) is 3. The molecule has 0 spiro atoms. The number of nitrogens with one attached hydrogen (secondary N) is 1. The van der Waals surface area contributed by atoms with Crippen molar-refractivity contribution in [2.75, 3.05) is 47.8 Å². The van der Waals surface area contributed by atoms with Crippen molar-refractivity contribution in [3.63, 3.8) is 0 Å². The van der Waals surface area contributed by atoms with Crippen molar-refractivity contribution >= 4 is 8.53 Å². The van der Waals surface area contributed by atoms with Crippen molar-refractivity contribution in [2.45, 2.75) is 83.3 Å². The molecule has 2 heterocycles. The maximum Gasteiger partial charge on any atom is 0.330 e. The molecule has 0 radical (unpaired) electrons. The Labute approximate surface area is 341 Å². The lowest BCUT2D eigenvalue weighted by molar-refractivity contribution is -0.0991. The van der Waals surface area contributed by atoms with Crippen molar-refractivity contribution in [3.05, 3.63) is 128 Å². The van der Waals surface area contributed by atoms with Gasteiger partial charge in [0.15, 0.2) is 6.23 Å². The molecule has 14 nitrogen and oxygen atoms in total. The highest BCUT2D eigenvalue weighted by atomic mass is 31.2. The predicted octanol–water partition coefficient (Wildman–Crippen LogP) is 6.46. The first-order valence-electron chi connectivity index (χ1n) is 19.3. The monoisotopic (exact) mass is 818 g/mol. The summed E-state index contributed by atoms with van der Waals surface area (Å²) in [6.07, 6.45) is -2.12. The Morgan fingerprint density at radius 3 is 1.97 bits per heavy atom. The summed E-state index contributed by atoms with van der Waals surface area (Å²) in [5, 5.41) is 9.42. The number of nitriles is 1. The SMILES string of the molecule is COCCOC1[C@@H](OP(OCCC#N)N(C(C)C)C(C)C)[C@@H](COC(c2ccccc2)(c2ccc(OC)cc2)c2ccc(OC)cc2)O[C@H]1n1cc(C)c(=O)[nH]c1=O. The van der Waals surface area contributed by atoms with Gasteiger partial charge in [-0.3, -0.25) is 14.3 Å². The van der Waals surface area contributed by atoms with Crippen LogP contribution < -0.4 is 20.7 Å². The minimum Gasteiger partial charge on any atom is -0.497 e. The third-order valence-electron chi connectivity index (χ3n) is 9.82. The second-order valence-corrected chi connectivity index (χ2v) is 15.7. The van der Waals surface area contributed by atoms with Gasteiger partial charge in [0.2, 0.25) is 0 Å². The molecule has 4 aromatic rings. The van der Waals surface area contributed by atoms with Gasteiger partial charge < -0.3 is 37.5 Å². The van der Waals surface area contributed by atoms with Crippen LogP contribution in [0.1, 0.15) is 62.6 Å². The minimum absolute atomic E-state index is 0.00535. The zero-order chi connectivity index (χ0) is 41.8. The summed E-state index contributed by atoms with van der Waals surface area (Å²) < 4.78 is 54.0. The molecule has 1 aliphatic heterocycles. The third kappa shape index (κ3) is 10.2. The summed E-state index contributed by atoms with van der Waals surface area (Å²) in [5.41, 5.74) is 0.384. The molecule has 1 aromatic heterocycles. The molecular formula is C43H55N4O10P. The van der Waals surface area contributed by atoms with Crippen LogP contribution in [0, 0.1) is 18.3 Å². The maximum absolute atomic E-state index is 13.5. The Kier molecular flexibility index (Phi) is 16.2. The molecule has 1 N–H and O–H groups in total. The molecule has 15 heteroatoms. The van der Waals surface area contributed by atoms with E-state index in [-0.39, 0.29) is 44.9 Å². The lowest BCUT2D eigenvalue weighted by atomic mass is 9.80. The third-order valence-corrected chi connectivity index (χ3v) is 11.9.